The van der Waals surface area contributed by atoms with Crippen molar-refractivity contribution in [2.24, 2.45) is 5.92 Å². The molecule has 5 nitrogen and oxygen atoms in total. The maximum absolute atomic E-state index is 12.4. The minimum absolute atomic E-state index is 0.134. The Kier molecular flexibility index (Phi) is 6.18. The van der Waals surface area contributed by atoms with E-state index < -0.39 is 0 Å². The third kappa shape index (κ3) is 5.11. The van der Waals surface area contributed by atoms with Crippen LogP contribution in [0.5, 0.6) is 0 Å². The number of benzene rings is 1. The molecule has 6 heteroatoms. The number of nitrogens with zero attached hydrogens (tertiary/aromatic N) is 2. The first-order valence-corrected chi connectivity index (χ1v) is 9.58. The first-order chi connectivity index (χ1) is 12.1. The van der Waals surface area contributed by atoms with E-state index in [1.165, 1.54) is 24.2 Å². The van der Waals surface area contributed by atoms with Gasteiger partial charge in [0, 0.05) is 31.1 Å². The van der Waals surface area contributed by atoms with Crippen LogP contribution < -0.4 is 5.32 Å². The molecule has 1 aromatic heterocycles. The molecule has 1 amide bonds. The number of thiazole rings is 1. The number of carbonyl (C=O) groups is 1. The normalized spacial score (nSPS) is 18.2. The summed E-state index contributed by atoms with van der Waals surface area (Å²) in [6.45, 7) is 5.93. The Morgan fingerprint density at radius 3 is 3.16 bits per heavy atom. The van der Waals surface area contributed by atoms with Crippen molar-refractivity contribution in [3.05, 3.63) is 46.5 Å². The van der Waals surface area contributed by atoms with Crippen molar-refractivity contribution < 1.29 is 9.53 Å². The van der Waals surface area contributed by atoms with E-state index in [2.05, 4.69) is 22.1 Å². The van der Waals surface area contributed by atoms with Gasteiger partial charge in [-0.3, -0.25) is 15.0 Å². The van der Waals surface area contributed by atoms with Gasteiger partial charge in [0.15, 0.2) is 5.13 Å². The van der Waals surface area contributed by atoms with Gasteiger partial charge in [0.2, 0.25) is 0 Å². The lowest BCUT2D eigenvalue weighted by molar-refractivity contribution is 0.102. The average molecular weight is 359 g/mol. The molecule has 2 aromatic rings. The van der Waals surface area contributed by atoms with Crippen molar-refractivity contribution in [3.63, 3.8) is 0 Å². The minimum Gasteiger partial charge on any atom is -0.380 e. The average Bonchev–Trinajstić information content (AvgIpc) is 3.02. The van der Waals surface area contributed by atoms with Crippen molar-refractivity contribution in [1.82, 2.24) is 9.88 Å². The van der Waals surface area contributed by atoms with Gasteiger partial charge in [-0.2, -0.15) is 0 Å². The van der Waals surface area contributed by atoms with Gasteiger partial charge in [-0.15, -0.1) is 11.3 Å². The molecule has 25 heavy (non-hydrogen) atoms. The first-order valence-electron chi connectivity index (χ1n) is 8.70. The van der Waals surface area contributed by atoms with E-state index in [-0.39, 0.29) is 5.91 Å². The summed E-state index contributed by atoms with van der Waals surface area (Å²) >= 11 is 1.48. The fourth-order valence-corrected chi connectivity index (χ4v) is 3.93. The number of aromatic nitrogens is 1. The number of nitrogens with one attached hydrogen (secondary N) is 1. The molecular formula is C19H25N3O2S. The Labute approximate surface area is 153 Å². The van der Waals surface area contributed by atoms with Crippen molar-refractivity contribution in [1.29, 1.82) is 0 Å². The second kappa shape index (κ2) is 8.56. The lowest BCUT2D eigenvalue weighted by Gasteiger charge is -2.30. The molecule has 0 aliphatic carbocycles. The van der Waals surface area contributed by atoms with E-state index in [0.717, 1.165) is 36.8 Å². The standard InChI is InChI=1S/C19H25N3O2S/c1-14-5-4-8-22(10-14)11-17-13-25-19(20-17)21-18(23)16-7-3-6-15(9-16)12-24-2/h3,6-7,9,13-14H,4-5,8,10-12H2,1-2H3,(H,20,21,23). The number of hydrogen-bond acceptors (Lipinski definition) is 5. The number of amides is 1. The molecule has 1 aliphatic rings. The fraction of sp³-hybridized carbons (Fsp3) is 0.474. The summed E-state index contributed by atoms with van der Waals surface area (Å²) < 4.78 is 5.12. The molecule has 1 atom stereocenters. The van der Waals surface area contributed by atoms with Crippen LogP contribution in [0.1, 0.15) is 41.4 Å². The quantitative estimate of drug-likeness (QED) is 0.853. The third-order valence-corrected chi connectivity index (χ3v) is 5.21. The smallest absolute Gasteiger partial charge is 0.257 e. The van der Waals surface area contributed by atoms with Crippen molar-refractivity contribution in [2.45, 2.75) is 32.9 Å². The predicted octanol–water partition coefficient (Wildman–Crippen LogP) is 3.77. The fourth-order valence-electron chi connectivity index (χ4n) is 3.23. The van der Waals surface area contributed by atoms with Crippen LogP contribution in [0, 0.1) is 5.92 Å². The van der Waals surface area contributed by atoms with Crippen molar-refractivity contribution in [3.8, 4) is 0 Å². The van der Waals surface area contributed by atoms with E-state index in [1.54, 1.807) is 13.2 Å². The lowest BCUT2D eigenvalue weighted by Crippen LogP contribution is -2.33. The Morgan fingerprint density at radius 1 is 1.48 bits per heavy atom. The van der Waals surface area contributed by atoms with Crippen LogP contribution in [-0.2, 0) is 17.9 Å². The van der Waals surface area contributed by atoms with Crippen LogP contribution in [0.4, 0.5) is 5.13 Å². The number of piperidine rings is 1. The number of hydrogen-bond donors (Lipinski definition) is 1. The second-order valence-electron chi connectivity index (χ2n) is 6.71. The van der Waals surface area contributed by atoms with Gasteiger partial charge in [0.25, 0.3) is 5.91 Å². The molecule has 1 N–H and O–H groups in total. The predicted molar refractivity (Wildman–Crippen MR) is 101 cm³/mol. The number of likely N-dealkylation sites (tertiary alicyclic amines) is 1. The monoisotopic (exact) mass is 359 g/mol. The minimum atomic E-state index is -0.134. The molecule has 1 aromatic carbocycles. The zero-order valence-corrected chi connectivity index (χ0v) is 15.6. The van der Waals surface area contributed by atoms with Gasteiger partial charge in [0.05, 0.1) is 12.3 Å². The zero-order valence-electron chi connectivity index (χ0n) is 14.8. The summed E-state index contributed by atoms with van der Waals surface area (Å²) in [5.41, 5.74) is 2.63. The summed E-state index contributed by atoms with van der Waals surface area (Å²) in [4.78, 5) is 19.4. The van der Waals surface area contributed by atoms with Crippen molar-refractivity contribution in [2.75, 3.05) is 25.5 Å². The summed E-state index contributed by atoms with van der Waals surface area (Å²) in [6.07, 6.45) is 2.57. The van der Waals surface area contributed by atoms with Gasteiger partial charge in [-0.25, -0.2) is 4.98 Å². The second-order valence-corrected chi connectivity index (χ2v) is 7.57. The molecule has 134 valence electrons. The maximum atomic E-state index is 12.4. The molecule has 1 fully saturated rings. The van der Waals surface area contributed by atoms with Crippen LogP contribution in [0.25, 0.3) is 0 Å². The number of ether oxygens (including phenoxy) is 1. The Hall–Kier alpha value is -1.76. The zero-order chi connectivity index (χ0) is 17.6. The van der Waals surface area contributed by atoms with E-state index in [9.17, 15) is 4.79 Å². The summed E-state index contributed by atoms with van der Waals surface area (Å²) in [7, 11) is 1.65. The highest BCUT2D eigenvalue weighted by Gasteiger charge is 2.17. The van der Waals surface area contributed by atoms with Crippen molar-refractivity contribution >= 4 is 22.4 Å². The van der Waals surface area contributed by atoms with Gasteiger partial charge < -0.3 is 4.74 Å². The maximum Gasteiger partial charge on any atom is 0.257 e. The molecule has 1 unspecified atom stereocenters. The molecule has 0 spiro atoms. The highest BCUT2D eigenvalue weighted by molar-refractivity contribution is 7.13. The van der Waals surface area contributed by atoms with Gasteiger partial charge in [0.1, 0.15) is 0 Å². The molecule has 1 aliphatic heterocycles. The van der Waals surface area contributed by atoms with Crippen LogP contribution >= 0.6 is 11.3 Å². The molecule has 2 heterocycles. The highest BCUT2D eigenvalue weighted by Crippen LogP contribution is 2.21. The topological polar surface area (TPSA) is 54.5 Å². The largest absolute Gasteiger partial charge is 0.380 e. The summed E-state index contributed by atoms with van der Waals surface area (Å²) in [5.74, 6) is 0.622. The highest BCUT2D eigenvalue weighted by atomic mass is 32.1. The third-order valence-electron chi connectivity index (χ3n) is 4.40. The van der Waals surface area contributed by atoms with E-state index in [1.807, 2.05) is 23.6 Å². The Bertz CT molecular complexity index is 716. The Balaban J connectivity index is 1.59. The molecule has 0 radical (unpaired) electrons. The number of carbonyl (C=O) groups excluding carboxylic acids is 1. The van der Waals surface area contributed by atoms with Crippen LogP contribution in [0.15, 0.2) is 29.6 Å². The van der Waals surface area contributed by atoms with Crippen LogP contribution in [0.2, 0.25) is 0 Å². The molecule has 1 saturated heterocycles. The number of rotatable bonds is 6. The first kappa shape index (κ1) is 18.0. The Morgan fingerprint density at radius 2 is 2.36 bits per heavy atom. The number of methoxy groups -OCH3 is 1. The van der Waals surface area contributed by atoms with E-state index in [0.29, 0.717) is 17.3 Å². The summed E-state index contributed by atoms with van der Waals surface area (Å²) in [5, 5.41) is 5.60. The molecular weight excluding hydrogens is 334 g/mol. The van der Waals surface area contributed by atoms with Gasteiger partial charge in [-0.05, 0) is 43.0 Å². The van der Waals surface area contributed by atoms with Gasteiger partial charge >= 0.3 is 0 Å². The SMILES string of the molecule is COCc1cccc(C(=O)Nc2nc(CN3CCCC(C)C3)cs2)c1. The lowest BCUT2D eigenvalue weighted by atomic mass is 10.0. The van der Waals surface area contributed by atoms with Crippen LogP contribution in [0.3, 0.4) is 0 Å². The molecule has 3 rings (SSSR count). The van der Waals surface area contributed by atoms with Gasteiger partial charge in [-0.1, -0.05) is 19.1 Å². The van der Waals surface area contributed by atoms with E-state index in [4.69, 9.17) is 4.74 Å². The molecule has 0 saturated carbocycles. The van der Waals surface area contributed by atoms with E-state index >= 15 is 0 Å². The number of anilines is 1. The molecule has 0 bridgehead atoms. The summed E-state index contributed by atoms with van der Waals surface area (Å²) in [6, 6.07) is 7.47. The van der Waals surface area contributed by atoms with Crippen LogP contribution in [-0.4, -0.2) is 36.0 Å².